The largest absolute Gasteiger partial charge is 0.354 e. The molecule has 2 aromatic heterocycles. The van der Waals surface area contributed by atoms with Gasteiger partial charge in [0.25, 0.3) is 0 Å². The Morgan fingerprint density at radius 3 is 2.42 bits per heavy atom. The third kappa shape index (κ3) is 3.95. The van der Waals surface area contributed by atoms with Crippen LogP contribution in [0.15, 0.2) is 72.2 Å². The van der Waals surface area contributed by atoms with Crippen molar-refractivity contribution in [3.63, 3.8) is 0 Å². The van der Waals surface area contributed by atoms with Gasteiger partial charge in [0.15, 0.2) is 0 Å². The van der Waals surface area contributed by atoms with Gasteiger partial charge >= 0.3 is 0 Å². The van der Waals surface area contributed by atoms with Crippen molar-refractivity contribution in [2.24, 2.45) is 0 Å². The average Bonchev–Trinajstić information content (AvgIpc) is 3.18. The number of anilines is 1. The lowest BCUT2D eigenvalue weighted by molar-refractivity contribution is 0.312. The second-order valence-electron chi connectivity index (χ2n) is 9.18. The van der Waals surface area contributed by atoms with Crippen LogP contribution in [0, 0.1) is 0 Å². The molecule has 6 heteroatoms. The third-order valence-corrected chi connectivity index (χ3v) is 7.02. The Morgan fingerprint density at radius 2 is 1.70 bits per heavy atom. The normalized spacial score (nSPS) is 17.8. The van der Waals surface area contributed by atoms with Crippen LogP contribution in [0.25, 0.3) is 16.6 Å². The summed E-state index contributed by atoms with van der Waals surface area (Å²) in [5.74, 6) is 2.00. The van der Waals surface area contributed by atoms with Crippen molar-refractivity contribution in [2.45, 2.75) is 20.4 Å². The standard InChI is InChI=1S/C27H32N6/c1-19-20(2)23(18-31(5)21(19)3)27-29-24-16-28-26(32-13-11-30(4)12-14-32)15-25(24)33(27)17-22-9-7-6-8-10-22/h6-10,15-16,18H,3,11-14,17H2,1-2,4-5H3. The summed E-state index contributed by atoms with van der Waals surface area (Å²) in [6.45, 7) is 13.4. The number of hydrogen-bond acceptors (Lipinski definition) is 5. The van der Waals surface area contributed by atoms with Gasteiger partial charge in [0.1, 0.15) is 17.2 Å². The molecule has 6 nitrogen and oxygen atoms in total. The summed E-state index contributed by atoms with van der Waals surface area (Å²) >= 11 is 0. The Labute approximate surface area is 196 Å². The molecule has 1 fully saturated rings. The average molecular weight is 441 g/mol. The minimum Gasteiger partial charge on any atom is -0.354 e. The van der Waals surface area contributed by atoms with Crippen molar-refractivity contribution in [1.82, 2.24) is 24.3 Å². The number of imidazole rings is 1. The summed E-state index contributed by atoms with van der Waals surface area (Å²) in [7, 11) is 4.23. The highest BCUT2D eigenvalue weighted by atomic mass is 15.3. The van der Waals surface area contributed by atoms with E-state index in [1.165, 1.54) is 16.7 Å². The van der Waals surface area contributed by atoms with Gasteiger partial charge < -0.3 is 19.3 Å². The first-order valence-corrected chi connectivity index (χ1v) is 11.6. The van der Waals surface area contributed by atoms with Gasteiger partial charge in [0.2, 0.25) is 0 Å². The van der Waals surface area contributed by atoms with Gasteiger partial charge in [0, 0.05) is 63.3 Å². The van der Waals surface area contributed by atoms with Crippen molar-refractivity contribution in [2.75, 3.05) is 45.2 Å². The number of piperazine rings is 1. The zero-order valence-corrected chi connectivity index (χ0v) is 20.0. The van der Waals surface area contributed by atoms with Crippen LogP contribution in [0.1, 0.15) is 25.2 Å². The maximum atomic E-state index is 5.09. The molecule has 1 aromatic carbocycles. The van der Waals surface area contributed by atoms with Crippen molar-refractivity contribution in [3.8, 4) is 0 Å². The Kier molecular flexibility index (Phi) is 5.54. The number of allylic oxidation sites excluding steroid dienone is 3. The van der Waals surface area contributed by atoms with Crippen molar-refractivity contribution in [1.29, 1.82) is 0 Å². The molecule has 0 aliphatic carbocycles. The molecule has 4 heterocycles. The van der Waals surface area contributed by atoms with Crippen LogP contribution in [-0.2, 0) is 6.54 Å². The van der Waals surface area contributed by atoms with Crippen LogP contribution < -0.4 is 4.90 Å². The molecule has 5 rings (SSSR count). The third-order valence-electron chi connectivity index (χ3n) is 7.02. The number of hydrogen-bond donors (Lipinski definition) is 0. The molecule has 0 bridgehead atoms. The lowest BCUT2D eigenvalue weighted by Crippen LogP contribution is -2.44. The predicted molar refractivity (Wildman–Crippen MR) is 136 cm³/mol. The number of nitrogens with zero attached hydrogens (tertiary/aromatic N) is 6. The first kappa shape index (κ1) is 21.5. The summed E-state index contributed by atoms with van der Waals surface area (Å²) < 4.78 is 2.34. The highest BCUT2D eigenvalue weighted by Gasteiger charge is 2.24. The zero-order chi connectivity index (χ0) is 23.1. The van der Waals surface area contributed by atoms with Crippen molar-refractivity contribution < 1.29 is 0 Å². The smallest absolute Gasteiger partial charge is 0.143 e. The van der Waals surface area contributed by atoms with Gasteiger partial charge in [-0.3, -0.25) is 0 Å². The number of aromatic nitrogens is 3. The minimum absolute atomic E-state index is 0.757. The lowest BCUT2D eigenvalue weighted by Gasteiger charge is -2.33. The molecule has 0 N–H and O–H groups in total. The fourth-order valence-corrected chi connectivity index (χ4v) is 4.63. The second kappa shape index (κ2) is 8.52. The van der Waals surface area contributed by atoms with E-state index in [4.69, 9.17) is 9.97 Å². The SMILES string of the molecule is C=C1C(C)=C(C)C(c2nc3cnc(N4CCN(C)CC4)cc3n2Cc2ccccc2)=CN1C. The van der Waals surface area contributed by atoms with Crippen LogP contribution in [0.2, 0.25) is 0 Å². The van der Waals surface area contributed by atoms with E-state index >= 15 is 0 Å². The quantitative estimate of drug-likeness (QED) is 0.603. The van der Waals surface area contributed by atoms with Crippen LogP contribution in [0.5, 0.6) is 0 Å². The van der Waals surface area contributed by atoms with Gasteiger partial charge in [-0.1, -0.05) is 36.9 Å². The summed E-state index contributed by atoms with van der Waals surface area (Å²) in [6.07, 6.45) is 4.09. The van der Waals surface area contributed by atoms with Crippen molar-refractivity contribution in [3.05, 3.63) is 83.6 Å². The van der Waals surface area contributed by atoms with Crippen LogP contribution >= 0.6 is 0 Å². The molecule has 0 amide bonds. The minimum atomic E-state index is 0.757. The van der Waals surface area contributed by atoms with Gasteiger partial charge in [-0.25, -0.2) is 9.97 Å². The summed E-state index contributed by atoms with van der Waals surface area (Å²) in [4.78, 5) is 16.7. The Balaban J connectivity index is 1.65. The molecule has 0 atom stereocenters. The summed E-state index contributed by atoms with van der Waals surface area (Å²) in [5.41, 5.74) is 7.88. The van der Waals surface area contributed by atoms with Gasteiger partial charge in [0.05, 0.1) is 11.7 Å². The molecule has 3 aromatic rings. The molecule has 2 aliphatic rings. The molecule has 33 heavy (non-hydrogen) atoms. The Bertz CT molecular complexity index is 1260. The van der Waals surface area contributed by atoms with E-state index in [1.807, 2.05) is 6.20 Å². The van der Waals surface area contributed by atoms with Gasteiger partial charge in [-0.05, 0) is 37.6 Å². The highest BCUT2D eigenvalue weighted by molar-refractivity contribution is 5.86. The van der Waals surface area contributed by atoms with E-state index in [2.05, 4.69) is 96.4 Å². The Hall–Kier alpha value is -3.38. The van der Waals surface area contributed by atoms with E-state index in [0.717, 1.165) is 66.7 Å². The molecule has 170 valence electrons. The van der Waals surface area contributed by atoms with E-state index in [-0.39, 0.29) is 0 Å². The van der Waals surface area contributed by atoms with E-state index in [0.29, 0.717) is 0 Å². The highest BCUT2D eigenvalue weighted by Crippen LogP contribution is 2.35. The topological polar surface area (TPSA) is 40.4 Å². The molecule has 0 spiro atoms. The molecule has 1 saturated heterocycles. The van der Waals surface area contributed by atoms with E-state index < -0.39 is 0 Å². The summed E-state index contributed by atoms with van der Waals surface area (Å²) in [6, 6.07) is 12.8. The Morgan fingerprint density at radius 1 is 0.970 bits per heavy atom. The molecule has 2 aliphatic heterocycles. The number of pyridine rings is 1. The second-order valence-corrected chi connectivity index (χ2v) is 9.18. The first-order chi connectivity index (χ1) is 15.9. The predicted octanol–water partition coefficient (Wildman–Crippen LogP) is 4.37. The molecular formula is C27H32N6. The maximum absolute atomic E-state index is 5.09. The van der Waals surface area contributed by atoms with Crippen molar-refractivity contribution >= 4 is 22.4 Å². The first-order valence-electron chi connectivity index (χ1n) is 11.6. The van der Waals surface area contributed by atoms with E-state index in [1.54, 1.807) is 0 Å². The number of likely N-dealkylation sites (N-methyl/N-ethyl adjacent to an activating group) is 2. The molecular weight excluding hydrogens is 408 g/mol. The zero-order valence-electron chi connectivity index (χ0n) is 20.0. The lowest BCUT2D eigenvalue weighted by atomic mass is 9.97. The molecule has 0 unspecified atom stereocenters. The monoisotopic (exact) mass is 440 g/mol. The van der Waals surface area contributed by atoms with Crippen LogP contribution in [0.3, 0.4) is 0 Å². The number of fused-ring (bicyclic) bond motifs is 1. The molecule has 0 saturated carbocycles. The van der Waals surface area contributed by atoms with Crippen LogP contribution in [-0.4, -0.2) is 64.6 Å². The summed E-state index contributed by atoms with van der Waals surface area (Å²) in [5, 5.41) is 0. The number of rotatable bonds is 4. The van der Waals surface area contributed by atoms with Gasteiger partial charge in [-0.2, -0.15) is 0 Å². The fourth-order valence-electron chi connectivity index (χ4n) is 4.63. The number of benzene rings is 1. The fraction of sp³-hybridized carbons (Fsp3) is 0.333. The molecule has 0 radical (unpaired) electrons. The van der Waals surface area contributed by atoms with E-state index in [9.17, 15) is 0 Å². The van der Waals surface area contributed by atoms with Crippen LogP contribution in [0.4, 0.5) is 5.82 Å². The van der Waals surface area contributed by atoms with Gasteiger partial charge in [-0.15, -0.1) is 0 Å². The maximum Gasteiger partial charge on any atom is 0.143 e.